The molecule has 9 heteroatoms. The number of carbonyl (C=O) groups is 4. The number of carbonyl (C=O) groups excluding carboxylic acids is 4. The van der Waals surface area contributed by atoms with Crippen LogP contribution in [-0.2, 0) is 33.4 Å². The molecule has 3 unspecified atom stereocenters. The Morgan fingerprint density at radius 1 is 0.683 bits per heavy atom. The van der Waals surface area contributed by atoms with E-state index in [9.17, 15) is 19.2 Å². The van der Waals surface area contributed by atoms with Gasteiger partial charge in [0.05, 0.1) is 12.0 Å². The molecular formula is C51H98N2O7. The van der Waals surface area contributed by atoms with E-state index < -0.39 is 5.60 Å². The predicted molar refractivity (Wildman–Crippen MR) is 250 cm³/mol. The van der Waals surface area contributed by atoms with Gasteiger partial charge in [0.25, 0.3) is 5.91 Å². The Morgan fingerprint density at radius 3 is 1.65 bits per heavy atom. The minimum absolute atomic E-state index is 0.0576. The summed E-state index contributed by atoms with van der Waals surface area (Å²) in [6, 6.07) is 0. The Balaban J connectivity index is 0.00000275. The molecule has 1 aliphatic rings. The average Bonchev–Trinajstić information content (AvgIpc) is 3.23. The van der Waals surface area contributed by atoms with Gasteiger partial charge in [-0.3, -0.25) is 14.4 Å². The SMILES string of the molecule is CCCCC(CCCC)OC.CCCCNC(=O)C(CCCCCCCCC=O)(CCCCCCCCC(=O)OC(CCCC)CCCC)OC(=O)C1CCN(C)CC1C. The molecule has 1 fully saturated rings. The topological polar surface area (TPSA) is 111 Å². The molecule has 0 radical (unpaired) electrons. The number of piperidine rings is 1. The molecule has 1 saturated heterocycles. The molecule has 60 heavy (non-hydrogen) atoms. The third-order valence-corrected chi connectivity index (χ3v) is 12.5. The fraction of sp³-hybridized carbons (Fsp3) is 0.922. The first-order chi connectivity index (χ1) is 29.1. The molecule has 1 amide bonds. The zero-order valence-electron chi connectivity index (χ0n) is 40.7. The Labute approximate surface area is 370 Å². The predicted octanol–water partition coefficient (Wildman–Crippen LogP) is 12.9. The summed E-state index contributed by atoms with van der Waals surface area (Å²) in [5.74, 6) is -0.390. The fourth-order valence-corrected chi connectivity index (χ4v) is 8.36. The number of methoxy groups -OCH3 is 1. The van der Waals surface area contributed by atoms with Crippen molar-refractivity contribution in [1.29, 1.82) is 0 Å². The Kier molecular flexibility index (Phi) is 38.5. The summed E-state index contributed by atoms with van der Waals surface area (Å²) in [6.45, 7) is 15.3. The van der Waals surface area contributed by atoms with Crippen LogP contribution in [0, 0.1) is 11.8 Å². The maximum Gasteiger partial charge on any atom is 0.310 e. The lowest BCUT2D eigenvalue weighted by Crippen LogP contribution is -2.52. The molecule has 1 rings (SSSR count). The number of rotatable bonds is 38. The van der Waals surface area contributed by atoms with Gasteiger partial charge in [-0.2, -0.15) is 0 Å². The van der Waals surface area contributed by atoms with Crippen LogP contribution in [0.4, 0.5) is 0 Å². The summed E-state index contributed by atoms with van der Waals surface area (Å²) in [5.41, 5.74) is -1.14. The number of likely N-dealkylation sites (tertiary alicyclic amines) is 1. The quantitative estimate of drug-likeness (QED) is 0.0371. The number of nitrogens with zero attached hydrogens (tertiary/aromatic N) is 1. The van der Waals surface area contributed by atoms with Gasteiger partial charge in [-0.1, -0.05) is 151 Å². The summed E-state index contributed by atoms with van der Waals surface area (Å²) >= 11 is 0. The molecule has 0 aromatic rings. The second-order valence-electron chi connectivity index (χ2n) is 18.1. The molecule has 0 aliphatic carbocycles. The number of hydrogen-bond donors (Lipinski definition) is 1. The summed E-state index contributed by atoms with van der Waals surface area (Å²) in [6.07, 6.45) is 32.1. The lowest BCUT2D eigenvalue weighted by molar-refractivity contribution is -0.177. The number of ether oxygens (including phenoxy) is 3. The highest BCUT2D eigenvalue weighted by Gasteiger charge is 2.44. The van der Waals surface area contributed by atoms with Gasteiger partial charge in [0.2, 0.25) is 0 Å². The van der Waals surface area contributed by atoms with E-state index >= 15 is 0 Å². The van der Waals surface area contributed by atoms with Crippen molar-refractivity contribution in [2.24, 2.45) is 11.8 Å². The molecule has 3 atom stereocenters. The van der Waals surface area contributed by atoms with E-state index in [1.165, 1.54) is 38.5 Å². The molecule has 0 saturated carbocycles. The van der Waals surface area contributed by atoms with Crippen molar-refractivity contribution in [3.8, 4) is 0 Å². The van der Waals surface area contributed by atoms with Crippen molar-refractivity contribution in [3.63, 3.8) is 0 Å². The van der Waals surface area contributed by atoms with E-state index in [0.29, 0.717) is 38.3 Å². The fourth-order valence-electron chi connectivity index (χ4n) is 8.36. The number of unbranched alkanes of at least 4 members (excludes halogenated alkanes) is 16. The van der Waals surface area contributed by atoms with Gasteiger partial charge >= 0.3 is 11.9 Å². The van der Waals surface area contributed by atoms with Crippen molar-refractivity contribution in [2.45, 2.75) is 258 Å². The summed E-state index contributed by atoms with van der Waals surface area (Å²) in [7, 11) is 3.92. The zero-order valence-corrected chi connectivity index (χ0v) is 40.7. The largest absolute Gasteiger partial charge is 0.462 e. The average molecular weight is 851 g/mol. The first-order valence-corrected chi connectivity index (χ1v) is 25.4. The van der Waals surface area contributed by atoms with Crippen molar-refractivity contribution in [1.82, 2.24) is 10.2 Å². The second-order valence-corrected chi connectivity index (χ2v) is 18.1. The van der Waals surface area contributed by atoms with Gasteiger partial charge < -0.3 is 29.2 Å². The van der Waals surface area contributed by atoms with Crippen LogP contribution in [0.2, 0.25) is 0 Å². The number of hydrogen-bond acceptors (Lipinski definition) is 8. The van der Waals surface area contributed by atoms with E-state index in [4.69, 9.17) is 14.2 Å². The van der Waals surface area contributed by atoms with E-state index in [0.717, 1.165) is 154 Å². The summed E-state index contributed by atoms with van der Waals surface area (Å²) in [5, 5.41) is 3.14. The van der Waals surface area contributed by atoms with Crippen LogP contribution in [0.3, 0.4) is 0 Å². The normalized spacial score (nSPS) is 16.6. The molecule has 0 spiro atoms. The highest BCUT2D eigenvalue weighted by molar-refractivity contribution is 5.88. The van der Waals surface area contributed by atoms with Crippen molar-refractivity contribution in [2.75, 3.05) is 33.8 Å². The maximum atomic E-state index is 13.9. The first kappa shape index (κ1) is 58.0. The molecule has 1 aliphatic heterocycles. The lowest BCUT2D eigenvalue weighted by atomic mass is 9.85. The number of aldehydes is 1. The molecule has 0 aromatic heterocycles. The zero-order chi connectivity index (χ0) is 44.7. The molecule has 354 valence electrons. The summed E-state index contributed by atoms with van der Waals surface area (Å²) in [4.78, 5) is 53.0. The van der Waals surface area contributed by atoms with Crippen molar-refractivity contribution < 1.29 is 33.4 Å². The maximum absolute atomic E-state index is 13.9. The molecule has 9 nitrogen and oxygen atoms in total. The molecular weight excluding hydrogens is 753 g/mol. The Hall–Kier alpha value is -2.00. The Morgan fingerprint density at radius 2 is 1.17 bits per heavy atom. The monoisotopic (exact) mass is 851 g/mol. The third kappa shape index (κ3) is 29.3. The van der Waals surface area contributed by atoms with Gasteiger partial charge in [-0.05, 0) is 96.6 Å². The van der Waals surface area contributed by atoms with Gasteiger partial charge in [-0.15, -0.1) is 0 Å². The van der Waals surface area contributed by atoms with Crippen LogP contribution < -0.4 is 5.32 Å². The van der Waals surface area contributed by atoms with Crippen molar-refractivity contribution in [3.05, 3.63) is 0 Å². The molecule has 0 aromatic carbocycles. The smallest absolute Gasteiger partial charge is 0.310 e. The van der Waals surface area contributed by atoms with Crippen LogP contribution in [0.1, 0.15) is 241 Å². The third-order valence-electron chi connectivity index (χ3n) is 12.5. The first-order valence-electron chi connectivity index (χ1n) is 25.4. The van der Waals surface area contributed by atoms with Gasteiger partial charge in [0, 0.05) is 33.0 Å². The standard InChI is InChI=1S/C41H76N2O6.C10H22O/c1-6-9-25-36(26-10-7-2)48-38(45)27-21-17-13-15-19-23-30-41(40(47)42-31-11-8-3,29-22-18-14-12-16-20-24-33-44)49-39(46)37-28-32-43(5)34-35(37)4;1-4-6-8-10(11-3)9-7-5-2/h33,35-37H,6-32,34H2,1-5H3,(H,42,47);10H,4-9H2,1-3H3. The van der Waals surface area contributed by atoms with E-state index in [2.05, 4.69) is 58.8 Å². The number of nitrogens with one attached hydrogen (secondary N) is 1. The molecule has 1 heterocycles. The van der Waals surface area contributed by atoms with Crippen LogP contribution in [-0.4, -0.2) is 80.6 Å². The van der Waals surface area contributed by atoms with Crippen molar-refractivity contribution >= 4 is 24.1 Å². The van der Waals surface area contributed by atoms with Gasteiger partial charge in [0.15, 0.2) is 5.60 Å². The molecule has 0 bridgehead atoms. The highest BCUT2D eigenvalue weighted by Crippen LogP contribution is 2.32. The van der Waals surface area contributed by atoms with Gasteiger partial charge in [-0.25, -0.2) is 0 Å². The number of esters is 2. The number of amides is 1. The minimum atomic E-state index is -1.14. The van der Waals surface area contributed by atoms with E-state index in [1.54, 1.807) is 0 Å². The Bertz CT molecular complexity index is 1020. The van der Waals surface area contributed by atoms with Crippen LogP contribution >= 0.6 is 0 Å². The van der Waals surface area contributed by atoms with Crippen LogP contribution in [0.25, 0.3) is 0 Å². The second kappa shape index (κ2) is 39.8. The van der Waals surface area contributed by atoms with E-state index in [-0.39, 0.29) is 35.8 Å². The minimum Gasteiger partial charge on any atom is -0.462 e. The van der Waals surface area contributed by atoms with Crippen LogP contribution in [0.5, 0.6) is 0 Å². The lowest BCUT2D eigenvalue weighted by Gasteiger charge is -2.38. The van der Waals surface area contributed by atoms with E-state index in [1.807, 2.05) is 7.11 Å². The highest BCUT2D eigenvalue weighted by atomic mass is 16.6. The summed E-state index contributed by atoms with van der Waals surface area (Å²) < 4.78 is 17.6. The van der Waals surface area contributed by atoms with Crippen LogP contribution in [0.15, 0.2) is 0 Å². The molecule has 1 N–H and O–H groups in total. The van der Waals surface area contributed by atoms with Gasteiger partial charge in [0.1, 0.15) is 12.4 Å².